The summed E-state index contributed by atoms with van der Waals surface area (Å²) in [6, 6.07) is 5.87. The lowest BCUT2D eigenvalue weighted by Gasteiger charge is -2.39. The molecule has 0 aliphatic rings. The first-order valence-electron chi connectivity index (χ1n) is 11.3. The summed E-state index contributed by atoms with van der Waals surface area (Å²) in [5.41, 5.74) is 7.63. The first-order chi connectivity index (χ1) is 14.5. The number of nitrogens with zero attached hydrogens (tertiary/aromatic N) is 3. The fraction of sp³-hybridized carbons (Fsp3) is 0.667. The third-order valence-electron chi connectivity index (χ3n) is 6.34. The maximum absolute atomic E-state index is 11.7. The third kappa shape index (κ3) is 9.92. The summed E-state index contributed by atoms with van der Waals surface area (Å²) in [5.74, 6) is 0.624. The minimum Gasteiger partial charge on any atom is -0.398 e. The van der Waals surface area contributed by atoms with E-state index in [9.17, 15) is 9.59 Å². The number of likely N-dealkylation sites (N-methyl/N-ethyl adjacent to an activating group) is 2. The van der Waals surface area contributed by atoms with E-state index in [1.807, 2.05) is 37.2 Å². The highest BCUT2D eigenvalue weighted by Crippen LogP contribution is 2.21. The van der Waals surface area contributed by atoms with Crippen LogP contribution in [0.25, 0.3) is 0 Å². The minimum atomic E-state index is 0.0927. The monoisotopic (exact) mass is 453 g/mol. The number of aryl methyl sites for hydroxylation is 1. The van der Waals surface area contributed by atoms with Crippen LogP contribution in [0, 0.1) is 5.92 Å². The number of halogens is 1. The van der Waals surface area contributed by atoms with Gasteiger partial charge in [0.15, 0.2) is 0 Å². The number of carbonyl (C=O) groups excluding carboxylic acids is 2. The normalized spacial score (nSPS) is 14.0. The van der Waals surface area contributed by atoms with Crippen LogP contribution in [0.1, 0.15) is 45.6 Å². The highest BCUT2D eigenvalue weighted by Gasteiger charge is 2.27. The Morgan fingerprint density at radius 2 is 1.74 bits per heavy atom. The van der Waals surface area contributed by atoms with Crippen LogP contribution in [0.15, 0.2) is 18.2 Å². The maximum atomic E-state index is 11.7. The molecule has 2 unspecified atom stereocenters. The fourth-order valence-electron chi connectivity index (χ4n) is 3.85. The summed E-state index contributed by atoms with van der Waals surface area (Å²) in [6.45, 7) is 9.86. The minimum absolute atomic E-state index is 0.0927. The summed E-state index contributed by atoms with van der Waals surface area (Å²) >= 11 is 6.14. The lowest BCUT2D eigenvalue weighted by atomic mass is 10.0. The first-order valence-corrected chi connectivity index (χ1v) is 11.7. The van der Waals surface area contributed by atoms with Gasteiger partial charge in [-0.2, -0.15) is 0 Å². The van der Waals surface area contributed by atoms with Gasteiger partial charge in [0, 0.05) is 40.4 Å². The molecule has 0 saturated carbocycles. The molecule has 0 spiro atoms. The van der Waals surface area contributed by atoms with Crippen LogP contribution in [-0.2, 0) is 16.0 Å². The zero-order valence-electron chi connectivity index (χ0n) is 20.3. The maximum Gasteiger partial charge on any atom is 0.219 e. The molecule has 0 aliphatic carbocycles. The molecule has 6 nitrogen and oxygen atoms in total. The van der Waals surface area contributed by atoms with Crippen molar-refractivity contribution < 1.29 is 14.1 Å². The molecule has 0 radical (unpaired) electrons. The van der Waals surface area contributed by atoms with E-state index < -0.39 is 0 Å². The van der Waals surface area contributed by atoms with Gasteiger partial charge in [-0.15, -0.1) is 0 Å². The predicted octanol–water partition coefficient (Wildman–Crippen LogP) is 3.67. The molecule has 1 aromatic carbocycles. The Morgan fingerprint density at radius 3 is 2.29 bits per heavy atom. The van der Waals surface area contributed by atoms with Crippen LogP contribution < -0.4 is 5.73 Å². The molecular weight excluding hydrogens is 412 g/mol. The van der Waals surface area contributed by atoms with Crippen molar-refractivity contribution in [3.05, 3.63) is 28.8 Å². The van der Waals surface area contributed by atoms with E-state index in [1.54, 1.807) is 18.7 Å². The van der Waals surface area contributed by atoms with Crippen LogP contribution in [0.3, 0.4) is 0 Å². The number of benzene rings is 1. The number of hydrogen-bond acceptors (Lipinski definition) is 3. The average Bonchev–Trinajstić information content (AvgIpc) is 2.71. The molecule has 2 amide bonds. The van der Waals surface area contributed by atoms with Crippen molar-refractivity contribution in [2.24, 2.45) is 5.92 Å². The molecule has 0 fully saturated rings. The smallest absolute Gasteiger partial charge is 0.219 e. The number of hydrogen-bond donors (Lipinski definition) is 1. The zero-order valence-corrected chi connectivity index (χ0v) is 21.0. The Balaban J connectivity index is 2.74. The van der Waals surface area contributed by atoms with E-state index in [0.717, 1.165) is 62.9 Å². The van der Waals surface area contributed by atoms with E-state index in [0.29, 0.717) is 16.6 Å². The fourth-order valence-corrected chi connectivity index (χ4v) is 4.05. The van der Waals surface area contributed by atoms with Gasteiger partial charge in [0.2, 0.25) is 11.8 Å². The molecule has 1 aromatic rings. The number of unbranched alkanes of at least 4 members (excludes halogenated alkanes) is 1. The average molecular weight is 454 g/mol. The highest BCUT2D eigenvalue weighted by atomic mass is 35.5. The van der Waals surface area contributed by atoms with Crippen molar-refractivity contribution in [2.45, 2.75) is 46.5 Å². The van der Waals surface area contributed by atoms with Crippen molar-refractivity contribution in [1.82, 2.24) is 9.80 Å². The van der Waals surface area contributed by atoms with Crippen molar-refractivity contribution in [3.63, 3.8) is 0 Å². The number of anilines is 1. The molecular formula is C24H42ClN4O2+. The predicted molar refractivity (Wildman–Crippen MR) is 130 cm³/mol. The highest BCUT2D eigenvalue weighted by molar-refractivity contribution is 6.33. The van der Waals surface area contributed by atoms with E-state index in [2.05, 4.69) is 14.0 Å². The van der Waals surface area contributed by atoms with E-state index >= 15 is 0 Å². The van der Waals surface area contributed by atoms with Crippen LogP contribution in [-0.4, -0.2) is 80.0 Å². The molecule has 0 bridgehead atoms. The van der Waals surface area contributed by atoms with Crippen molar-refractivity contribution in [2.75, 3.05) is 59.6 Å². The number of nitrogens with two attached hydrogens (primary N) is 1. The van der Waals surface area contributed by atoms with Gasteiger partial charge in [-0.05, 0) is 43.4 Å². The molecule has 1 rings (SSSR count). The Bertz CT molecular complexity index is 728. The SMILES string of the molecule is CCC(CN(C)C(C)=O)C[N+](C)(CCCCc1ccc(N)c(Cl)c1)CCN(C)C(C)=O. The van der Waals surface area contributed by atoms with Crippen molar-refractivity contribution >= 4 is 29.1 Å². The number of nitrogen functional groups attached to an aromatic ring is 1. The number of carbonyl (C=O) groups is 2. The molecule has 0 aliphatic heterocycles. The lowest BCUT2D eigenvalue weighted by molar-refractivity contribution is -0.912. The number of rotatable bonds is 13. The molecule has 2 N–H and O–H groups in total. The van der Waals surface area contributed by atoms with Crippen molar-refractivity contribution in [1.29, 1.82) is 0 Å². The number of quaternary nitrogens is 1. The molecule has 176 valence electrons. The van der Waals surface area contributed by atoms with Crippen LogP contribution in [0.5, 0.6) is 0 Å². The van der Waals surface area contributed by atoms with E-state index in [-0.39, 0.29) is 11.8 Å². The van der Waals surface area contributed by atoms with Gasteiger partial charge >= 0.3 is 0 Å². The Hall–Kier alpha value is -1.79. The summed E-state index contributed by atoms with van der Waals surface area (Å²) in [6.07, 6.45) is 4.15. The molecule has 0 heterocycles. The van der Waals surface area contributed by atoms with Crippen LogP contribution in [0.4, 0.5) is 5.69 Å². The standard InChI is InChI=1S/C24H42ClN4O2/c1-7-21(17-28(5)20(3)31)18-29(6,15-13-27(4)19(2)30)14-9-8-10-22-11-12-24(26)23(25)16-22/h11-12,16,21H,7-10,13-15,17-18,26H2,1-6H3/q+1. The van der Waals surface area contributed by atoms with Gasteiger partial charge in [-0.3, -0.25) is 9.59 Å². The molecule has 7 heteroatoms. The Labute approximate surface area is 193 Å². The van der Waals surface area contributed by atoms with Crippen LogP contribution in [0.2, 0.25) is 5.02 Å². The second kappa shape index (κ2) is 12.9. The topological polar surface area (TPSA) is 66.6 Å². The van der Waals surface area contributed by atoms with Gasteiger partial charge in [-0.1, -0.05) is 24.6 Å². The summed E-state index contributed by atoms with van der Waals surface area (Å²) in [7, 11) is 6.01. The molecule has 0 saturated heterocycles. The zero-order chi connectivity index (χ0) is 23.6. The largest absolute Gasteiger partial charge is 0.398 e. The van der Waals surface area contributed by atoms with Gasteiger partial charge in [0.05, 0.1) is 43.9 Å². The summed E-state index contributed by atoms with van der Waals surface area (Å²) < 4.78 is 0.893. The Morgan fingerprint density at radius 1 is 1.10 bits per heavy atom. The molecule has 2 atom stereocenters. The van der Waals surface area contributed by atoms with Gasteiger partial charge in [0.1, 0.15) is 0 Å². The number of amides is 2. The summed E-state index contributed by atoms with van der Waals surface area (Å²) in [4.78, 5) is 27.0. The molecule has 0 aromatic heterocycles. The van der Waals surface area contributed by atoms with Gasteiger partial charge < -0.3 is 20.0 Å². The van der Waals surface area contributed by atoms with Gasteiger partial charge in [0.25, 0.3) is 0 Å². The van der Waals surface area contributed by atoms with Crippen LogP contribution >= 0.6 is 11.6 Å². The quantitative estimate of drug-likeness (QED) is 0.281. The third-order valence-corrected chi connectivity index (χ3v) is 6.66. The van der Waals surface area contributed by atoms with Crippen molar-refractivity contribution in [3.8, 4) is 0 Å². The lowest BCUT2D eigenvalue weighted by Crippen LogP contribution is -2.53. The van der Waals surface area contributed by atoms with E-state index in [4.69, 9.17) is 17.3 Å². The van der Waals surface area contributed by atoms with E-state index in [1.165, 1.54) is 5.56 Å². The molecule has 31 heavy (non-hydrogen) atoms. The second-order valence-corrected chi connectivity index (χ2v) is 9.58. The first kappa shape index (κ1) is 27.2. The summed E-state index contributed by atoms with van der Waals surface area (Å²) in [5, 5.41) is 0.616. The Kier molecular flexibility index (Phi) is 11.4. The van der Waals surface area contributed by atoms with Gasteiger partial charge in [-0.25, -0.2) is 0 Å². The second-order valence-electron chi connectivity index (χ2n) is 9.18.